The highest BCUT2D eigenvalue weighted by atomic mass is 35.5. The second-order valence-corrected chi connectivity index (χ2v) is 3.38. The predicted molar refractivity (Wildman–Crippen MR) is 57.1 cm³/mol. The van der Waals surface area contributed by atoms with Crippen molar-refractivity contribution in [3.8, 4) is 0 Å². The van der Waals surface area contributed by atoms with Gasteiger partial charge in [0.25, 0.3) is 5.69 Å². The van der Waals surface area contributed by atoms with Gasteiger partial charge in [-0.2, -0.15) is 0 Å². The molecule has 0 heterocycles. The molecule has 0 radical (unpaired) electrons. The number of hydrogen-bond donors (Lipinski definition) is 1. The normalized spacial score (nSPS) is 11.9. The Bertz CT molecular complexity index is 436. The molecule has 0 saturated heterocycles. The van der Waals surface area contributed by atoms with E-state index in [1.165, 1.54) is 19.2 Å². The van der Waals surface area contributed by atoms with Crippen LogP contribution in [0.5, 0.6) is 0 Å². The van der Waals surface area contributed by atoms with Crippen LogP contribution < -0.4 is 5.73 Å². The van der Waals surface area contributed by atoms with E-state index in [0.29, 0.717) is 0 Å². The maximum absolute atomic E-state index is 11.1. The van der Waals surface area contributed by atoms with E-state index in [9.17, 15) is 14.9 Å². The number of halogens is 1. The van der Waals surface area contributed by atoms with E-state index in [1.807, 2.05) is 0 Å². The van der Waals surface area contributed by atoms with Gasteiger partial charge in [-0.15, -0.1) is 0 Å². The van der Waals surface area contributed by atoms with E-state index >= 15 is 0 Å². The summed E-state index contributed by atoms with van der Waals surface area (Å²) in [6, 6.07) is 2.86. The van der Waals surface area contributed by atoms with Crippen LogP contribution in [0, 0.1) is 10.1 Å². The molecule has 1 atom stereocenters. The second kappa shape index (κ2) is 4.91. The Hall–Kier alpha value is -1.66. The van der Waals surface area contributed by atoms with E-state index in [2.05, 4.69) is 4.74 Å². The van der Waals surface area contributed by atoms with Gasteiger partial charge < -0.3 is 10.5 Å². The highest BCUT2D eigenvalue weighted by Crippen LogP contribution is 2.27. The lowest BCUT2D eigenvalue weighted by molar-refractivity contribution is -0.384. The molecule has 0 aliphatic rings. The summed E-state index contributed by atoms with van der Waals surface area (Å²) in [7, 11) is 1.19. The molecular formula is C9H9ClN2O4. The van der Waals surface area contributed by atoms with Crippen LogP contribution >= 0.6 is 11.6 Å². The Kier molecular flexibility index (Phi) is 3.81. The lowest BCUT2D eigenvalue weighted by Crippen LogP contribution is -2.22. The fraction of sp³-hybridized carbons (Fsp3) is 0.222. The van der Waals surface area contributed by atoms with Gasteiger partial charge in [0.05, 0.1) is 12.0 Å². The zero-order valence-corrected chi connectivity index (χ0v) is 9.10. The third-order valence-electron chi connectivity index (χ3n) is 1.98. The van der Waals surface area contributed by atoms with Crippen molar-refractivity contribution in [2.24, 2.45) is 5.73 Å². The number of methoxy groups -OCH3 is 1. The Morgan fingerprint density at radius 2 is 2.25 bits per heavy atom. The van der Waals surface area contributed by atoms with E-state index < -0.39 is 16.9 Å². The summed E-state index contributed by atoms with van der Waals surface area (Å²) in [5.74, 6) is -0.670. The number of esters is 1. The Morgan fingerprint density at radius 1 is 1.62 bits per heavy atom. The van der Waals surface area contributed by atoms with Crippen molar-refractivity contribution in [3.05, 3.63) is 38.9 Å². The fourth-order valence-electron chi connectivity index (χ4n) is 1.13. The molecule has 2 N–H and O–H groups in total. The lowest BCUT2D eigenvalue weighted by atomic mass is 10.1. The first-order chi connectivity index (χ1) is 7.47. The SMILES string of the molecule is COC(=O)[C@H](N)c1ccc(Cl)c([N+](=O)[O-])c1. The zero-order chi connectivity index (χ0) is 12.3. The molecule has 6 nitrogen and oxygen atoms in total. The minimum atomic E-state index is -1.05. The van der Waals surface area contributed by atoms with Crippen LogP contribution in [-0.4, -0.2) is 18.0 Å². The van der Waals surface area contributed by atoms with Crippen molar-refractivity contribution in [2.45, 2.75) is 6.04 Å². The lowest BCUT2D eigenvalue weighted by Gasteiger charge is -2.09. The predicted octanol–water partition coefficient (Wildman–Crippen LogP) is 1.42. The van der Waals surface area contributed by atoms with Gasteiger partial charge in [-0.1, -0.05) is 17.7 Å². The number of rotatable bonds is 3. The van der Waals surface area contributed by atoms with Crippen LogP contribution in [0.3, 0.4) is 0 Å². The molecule has 16 heavy (non-hydrogen) atoms. The monoisotopic (exact) mass is 244 g/mol. The number of ether oxygens (including phenoxy) is 1. The maximum atomic E-state index is 11.1. The van der Waals surface area contributed by atoms with Crippen molar-refractivity contribution in [1.82, 2.24) is 0 Å². The third-order valence-corrected chi connectivity index (χ3v) is 2.30. The van der Waals surface area contributed by atoms with Gasteiger partial charge in [-0.25, -0.2) is 0 Å². The molecular weight excluding hydrogens is 236 g/mol. The Labute approximate surface area is 96.1 Å². The molecule has 7 heteroatoms. The van der Waals surface area contributed by atoms with Crippen LogP contribution in [-0.2, 0) is 9.53 Å². The van der Waals surface area contributed by atoms with E-state index in [-0.39, 0.29) is 16.3 Å². The largest absolute Gasteiger partial charge is 0.468 e. The number of nitrogens with zero attached hydrogens (tertiary/aromatic N) is 1. The summed E-state index contributed by atoms with van der Waals surface area (Å²) in [4.78, 5) is 21.1. The zero-order valence-electron chi connectivity index (χ0n) is 8.34. The first-order valence-corrected chi connectivity index (χ1v) is 4.62. The van der Waals surface area contributed by atoms with Gasteiger partial charge in [0.2, 0.25) is 0 Å². The smallest absolute Gasteiger partial charge is 0.327 e. The number of benzene rings is 1. The number of carbonyl (C=O) groups is 1. The molecule has 86 valence electrons. The van der Waals surface area contributed by atoms with Crippen molar-refractivity contribution in [2.75, 3.05) is 7.11 Å². The highest BCUT2D eigenvalue weighted by molar-refractivity contribution is 6.32. The average Bonchev–Trinajstić information content (AvgIpc) is 2.27. The van der Waals surface area contributed by atoms with Gasteiger partial charge in [-0.3, -0.25) is 14.9 Å². The summed E-state index contributed by atoms with van der Waals surface area (Å²) >= 11 is 5.61. The topological polar surface area (TPSA) is 95.5 Å². The molecule has 0 bridgehead atoms. The van der Waals surface area contributed by atoms with Gasteiger partial charge >= 0.3 is 5.97 Å². The molecule has 0 unspecified atom stereocenters. The fourth-order valence-corrected chi connectivity index (χ4v) is 1.31. The average molecular weight is 245 g/mol. The van der Waals surface area contributed by atoms with Crippen molar-refractivity contribution < 1.29 is 14.5 Å². The van der Waals surface area contributed by atoms with Crippen LogP contribution in [0.15, 0.2) is 18.2 Å². The number of nitrogens with two attached hydrogens (primary N) is 1. The highest BCUT2D eigenvalue weighted by Gasteiger charge is 2.20. The minimum absolute atomic E-state index is 0.00850. The third kappa shape index (κ3) is 2.47. The molecule has 1 rings (SSSR count). The number of hydrogen-bond acceptors (Lipinski definition) is 5. The first kappa shape index (κ1) is 12.4. The van der Waals surface area contributed by atoms with Crippen LogP contribution in [0.2, 0.25) is 5.02 Å². The number of nitro groups is 1. The molecule has 0 aliphatic heterocycles. The van der Waals surface area contributed by atoms with Crippen LogP contribution in [0.1, 0.15) is 11.6 Å². The molecule has 1 aromatic carbocycles. The van der Waals surface area contributed by atoms with E-state index in [4.69, 9.17) is 17.3 Å². The molecule has 0 saturated carbocycles. The first-order valence-electron chi connectivity index (χ1n) is 4.24. The van der Waals surface area contributed by atoms with Crippen molar-refractivity contribution >= 4 is 23.3 Å². The Balaban J connectivity index is 3.12. The standard InChI is InChI=1S/C9H9ClN2O4/c1-16-9(13)8(11)5-2-3-6(10)7(4-5)12(14)15/h2-4,8H,11H2,1H3/t8-/m1/s1. The summed E-state index contributed by atoms with van der Waals surface area (Å²) in [6.45, 7) is 0. The van der Waals surface area contributed by atoms with Crippen LogP contribution in [0.4, 0.5) is 5.69 Å². The van der Waals surface area contributed by atoms with Crippen LogP contribution in [0.25, 0.3) is 0 Å². The van der Waals surface area contributed by atoms with Crippen molar-refractivity contribution in [1.29, 1.82) is 0 Å². The molecule has 0 fully saturated rings. The number of carbonyl (C=O) groups excluding carboxylic acids is 1. The van der Waals surface area contributed by atoms with Gasteiger partial charge in [0.1, 0.15) is 11.1 Å². The minimum Gasteiger partial charge on any atom is -0.468 e. The van der Waals surface area contributed by atoms with E-state index in [0.717, 1.165) is 6.07 Å². The summed E-state index contributed by atoms with van der Waals surface area (Å²) in [5, 5.41) is 10.6. The molecule has 0 aliphatic carbocycles. The summed E-state index contributed by atoms with van der Waals surface area (Å²) in [6.07, 6.45) is 0. The maximum Gasteiger partial charge on any atom is 0.327 e. The Morgan fingerprint density at radius 3 is 2.75 bits per heavy atom. The quantitative estimate of drug-likeness (QED) is 0.493. The van der Waals surface area contributed by atoms with Gasteiger partial charge in [0, 0.05) is 6.07 Å². The summed E-state index contributed by atoms with van der Waals surface area (Å²) in [5.41, 5.74) is 5.52. The molecule has 0 amide bonds. The summed E-state index contributed by atoms with van der Waals surface area (Å²) < 4.78 is 4.43. The molecule has 0 spiro atoms. The van der Waals surface area contributed by atoms with Gasteiger partial charge in [-0.05, 0) is 11.6 Å². The van der Waals surface area contributed by atoms with E-state index in [1.54, 1.807) is 0 Å². The molecule has 1 aromatic rings. The van der Waals surface area contributed by atoms with Crippen molar-refractivity contribution in [3.63, 3.8) is 0 Å². The second-order valence-electron chi connectivity index (χ2n) is 2.97. The molecule has 0 aromatic heterocycles. The number of nitro benzene ring substituents is 1. The van der Waals surface area contributed by atoms with Gasteiger partial charge in [0.15, 0.2) is 0 Å².